The Kier molecular flexibility index (Phi) is 5.01. The van der Waals surface area contributed by atoms with Crippen molar-refractivity contribution < 1.29 is 17.9 Å². The highest BCUT2D eigenvalue weighted by Crippen LogP contribution is 2.12. The lowest BCUT2D eigenvalue weighted by Crippen LogP contribution is -2.49. The van der Waals surface area contributed by atoms with Crippen molar-refractivity contribution in [2.75, 3.05) is 32.8 Å². The molecule has 2 unspecified atom stereocenters. The second-order valence-electron chi connectivity index (χ2n) is 4.28. The molecule has 1 N–H and O–H groups in total. The average molecular weight is 240 g/mol. The minimum atomic E-state index is -4.12. The van der Waals surface area contributed by atoms with Crippen LogP contribution in [0, 0.1) is 0 Å². The maximum atomic E-state index is 11.9. The summed E-state index contributed by atoms with van der Waals surface area (Å²) in [6, 6.07) is 0.281. The summed E-state index contributed by atoms with van der Waals surface area (Å²) in [5.74, 6) is 0. The molecule has 6 heteroatoms. The van der Waals surface area contributed by atoms with Crippen molar-refractivity contribution in [3.63, 3.8) is 0 Å². The zero-order valence-electron chi connectivity index (χ0n) is 9.68. The number of hydrogen-bond acceptors (Lipinski definition) is 3. The largest absolute Gasteiger partial charge is 0.401 e. The number of nitrogens with zero attached hydrogens (tertiary/aromatic N) is 1. The fourth-order valence-electron chi connectivity index (χ4n) is 1.74. The van der Waals surface area contributed by atoms with Gasteiger partial charge in [0.1, 0.15) is 0 Å². The molecule has 3 nitrogen and oxygen atoms in total. The highest BCUT2D eigenvalue weighted by molar-refractivity contribution is 4.75. The van der Waals surface area contributed by atoms with Crippen molar-refractivity contribution >= 4 is 0 Å². The maximum absolute atomic E-state index is 11.9. The van der Waals surface area contributed by atoms with Crippen molar-refractivity contribution in [1.82, 2.24) is 10.2 Å². The summed E-state index contributed by atoms with van der Waals surface area (Å²) < 4.78 is 41.0. The number of halogens is 3. The second kappa shape index (κ2) is 5.84. The fourth-order valence-corrected chi connectivity index (χ4v) is 1.74. The molecule has 1 heterocycles. The predicted molar refractivity (Wildman–Crippen MR) is 55.4 cm³/mol. The van der Waals surface area contributed by atoms with Crippen LogP contribution in [0.4, 0.5) is 13.2 Å². The summed E-state index contributed by atoms with van der Waals surface area (Å²) in [6.45, 7) is 5.51. The summed E-state index contributed by atoms with van der Waals surface area (Å²) in [4.78, 5) is 2.15. The number of ether oxygens (including phenoxy) is 1. The van der Waals surface area contributed by atoms with Crippen LogP contribution in [0.5, 0.6) is 0 Å². The number of alkyl halides is 3. The van der Waals surface area contributed by atoms with Gasteiger partial charge in [-0.2, -0.15) is 13.2 Å². The molecule has 0 amide bonds. The van der Waals surface area contributed by atoms with E-state index in [9.17, 15) is 13.2 Å². The van der Waals surface area contributed by atoms with Gasteiger partial charge in [-0.3, -0.25) is 4.90 Å². The van der Waals surface area contributed by atoms with Crippen molar-refractivity contribution in [3.05, 3.63) is 0 Å². The topological polar surface area (TPSA) is 24.5 Å². The predicted octanol–water partition coefficient (Wildman–Crippen LogP) is 1.25. The third-order valence-corrected chi connectivity index (χ3v) is 2.64. The molecule has 0 spiro atoms. The van der Waals surface area contributed by atoms with Crippen molar-refractivity contribution in [2.24, 2.45) is 0 Å². The van der Waals surface area contributed by atoms with Gasteiger partial charge in [-0.05, 0) is 13.8 Å². The van der Waals surface area contributed by atoms with E-state index in [0.29, 0.717) is 19.7 Å². The molecular weight excluding hydrogens is 221 g/mol. The number of hydrogen-bond donors (Lipinski definition) is 1. The molecule has 16 heavy (non-hydrogen) atoms. The van der Waals surface area contributed by atoms with Crippen LogP contribution in [0.2, 0.25) is 0 Å². The minimum absolute atomic E-state index is 0.166. The Morgan fingerprint density at radius 2 is 2.06 bits per heavy atom. The van der Waals surface area contributed by atoms with Crippen LogP contribution in [0.1, 0.15) is 13.8 Å². The second-order valence-corrected chi connectivity index (χ2v) is 4.28. The molecule has 0 radical (unpaired) electrons. The van der Waals surface area contributed by atoms with Gasteiger partial charge in [0.2, 0.25) is 0 Å². The molecule has 96 valence electrons. The zero-order chi connectivity index (χ0) is 12.2. The van der Waals surface area contributed by atoms with Gasteiger partial charge in [0, 0.05) is 25.7 Å². The van der Waals surface area contributed by atoms with Crippen molar-refractivity contribution in [1.29, 1.82) is 0 Å². The fraction of sp³-hybridized carbons (Fsp3) is 1.00. The Morgan fingerprint density at radius 1 is 1.38 bits per heavy atom. The standard InChI is InChI=1S/C10H19F3N2O/c1-8-6-16-9(2)5-15(8)4-3-14-7-10(11,12)13/h8-9,14H,3-7H2,1-2H3. The lowest BCUT2D eigenvalue weighted by molar-refractivity contribution is -0.125. The van der Waals surface area contributed by atoms with Crippen LogP contribution in [0.25, 0.3) is 0 Å². The van der Waals surface area contributed by atoms with Gasteiger partial charge in [0.05, 0.1) is 19.3 Å². The lowest BCUT2D eigenvalue weighted by atomic mass is 10.2. The van der Waals surface area contributed by atoms with E-state index >= 15 is 0 Å². The van der Waals surface area contributed by atoms with Crippen LogP contribution >= 0.6 is 0 Å². The van der Waals surface area contributed by atoms with E-state index in [1.807, 2.05) is 13.8 Å². The molecule has 2 atom stereocenters. The number of morpholine rings is 1. The van der Waals surface area contributed by atoms with Crippen LogP contribution in [0.3, 0.4) is 0 Å². The molecule has 0 bridgehead atoms. The minimum Gasteiger partial charge on any atom is -0.376 e. The molecule has 1 rings (SSSR count). The van der Waals surface area contributed by atoms with Gasteiger partial charge >= 0.3 is 6.18 Å². The van der Waals surface area contributed by atoms with Gasteiger partial charge < -0.3 is 10.1 Å². The van der Waals surface area contributed by atoms with Gasteiger partial charge in [0.15, 0.2) is 0 Å². The first-order valence-corrected chi connectivity index (χ1v) is 5.51. The molecule has 1 fully saturated rings. The summed E-state index contributed by atoms with van der Waals surface area (Å²) in [5.41, 5.74) is 0. The van der Waals surface area contributed by atoms with Crippen LogP contribution in [-0.2, 0) is 4.74 Å². The van der Waals surface area contributed by atoms with E-state index in [1.54, 1.807) is 0 Å². The normalized spacial score (nSPS) is 28.3. The van der Waals surface area contributed by atoms with E-state index in [4.69, 9.17) is 4.74 Å². The van der Waals surface area contributed by atoms with Crippen LogP contribution in [-0.4, -0.2) is 56.0 Å². The van der Waals surface area contributed by atoms with Gasteiger partial charge in [-0.1, -0.05) is 0 Å². The van der Waals surface area contributed by atoms with E-state index < -0.39 is 12.7 Å². The van der Waals surface area contributed by atoms with Crippen molar-refractivity contribution in [3.8, 4) is 0 Å². The van der Waals surface area contributed by atoms with E-state index in [2.05, 4.69) is 10.2 Å². The first-order valence-electron chi connectivity index (χ1n) is 5.51. The first kappa shape index (κ1) is 13.7. The summed E-state index contributed by atoms with van der Waals surface area (Å²) in [7, 11) is 0. The molecule has 1 aliphatic heterocycles. The third-order valence-electron chi connectivity index (χ3n) is 2.64. The Morgan fingerprint density at radius 3 is 2.69 bits per heavy atom. The highest BCUT2D eigenvalue weighted by Gasteiger charge is 2.27. The zero-order valence-corrected chi connectivity index (χ0v) is 9.68. The molecule has 0 aliphatic carbocycles. The highest BCUT2D eigenvalue weighted by atomic mass is 19.4. The third kappa shape index (κ3) is 5.14. The Bertz CT molecular complexity index is 211. The Labute approximate surface area is 93.9 Å². The van der Waals surface area contributed by atoms with E-state index in [0.717, 1.165) is 6.54 Å². The van der Waals surface area contributed by atoms with Crippen LogP contribution in [0.15, 0.2) is 0 Å². The molecule has 1 saturated heterocycles. The SMILES string of the molecule is CC1CN(CCNCC(F)(F)F)C(C)CO1. The molecule has 0 aromatic heterocycles. The maximum Gasteiger partial charge on any atom is 0.401 e. The quantitative estimate of drug-likeness (QED) is 0.748. The molecule has 0 aromatic carbocycles. The first-order chi connectivity index (χ1) is 7.38. The monoisotopic (exact) mass is 240 g/mol. The summed E-state index contributed by atoms with van der Waals surface area (Å²) in [5, 5.41) is 2.40. The number of nitrogens with one attached hydrogen (secondary N) is 1. The Hall–Kier alpha value is -0.330. The molecule has 1 aliphatic rings. The van der Waals surface area contributed by atoms with Gasteiger partial charge in [-0.15, -0.1) is 0 Å². The van der Waals surface area contributed by atoms with E-state index in [1.165, 1.54) is 0 Å². The van der Waals surface area contributed by atoms with Crippen molar-refractivity contribution in [2.45, 2.75) is 32.2 Å². The smallest absolute Gasteiger partial charge is 0.376 e. The molecular formula is C10H19F3N2O. The van der Waals surface area contributed by atoms with Crippen LogP contribution < -0.4 is 5.32 Å². The summed E-state index contributed by atoms with van der Waals surface area (Å²) >= 11 is 0. The van der Waals surface area contributed by atoms with E-state index in [-0.39, 0.29) is 12.1 Å². The van der Waals surface area contributed by atoms with Gasteiger partial charge in [0.25, 0.3) is 0 Å². The van der Waals surface area contributed by atoms with Gasteiger partial charge in [-0.25, -0.2) is 0 Å². The molecule has 0 saturated carbocycles. The molecule has 0 aromatic rings. The lowest BCUT2D eigenvalue weighted by Gasteiger charge is -2.36. The summed E-state index contributed by atoms with van der Waals surface area (Å²) in [6.07, 6.45) is -3.96. The number of rotatable bonds is 4. The Balaban J connectivity index is 2.16. The average Bonchev–Trinajstić information content (AvgIpc) is 2.16.